The van der Waals surface area contributed by atoms with E-state index in [0.717, 1.165) is 0 Å². The van der Waals surface area contributed by atoms with Crippen LogP contribution in [0.5, 0.6) is 5.75 Å². The van der Waals surface area contributed by atoms with Crippen LogP contribution in [-0.2, 0) is 102 Å². The number of amides is 14. The van der Waals surface area contributed by atoms with Crippen molar-refractivity contribution in [2.24, 2.45) is 22.2 Å². The van der Waals surface area contributed by atoms with Gasteiger partial charge in [0.05, 0.1) is 17.4 Å². The molecule has 43 nitrogen and oxygen atoms in total. The van der Waals surface area contributed by atoms with Gasteiger partial charge in [0.15, 0.2) is 0 Å². The van der Waals surface area contributed by atoms with Crippen LogP contribution in [0, 0.1) is 20.8 Å². The first-order chi connectivity index (χ1) is 63.1. The summed E-state index contributed by atoms with van der Waals surface area (Å²) in [5, 5.41) is 31.8. The third-order valence-corrected chi connectivity index (χ3v) is 22.9. The lowest BCUT2D eigenvalue weighted by Gasteiger charge is -2.35. The molecular weight excluding hydrogens is 1820 g/mol. The van der Waals surface area contributed by atoms with E-state index in [9.17, 15) is 61.2 Å². The lowest BCUT2D eigenvalue weighted by Crippen LogP contribution is -2.60. The number of rotatable bonds is 50. The minimum Gasteiger partial charge on any atom is -0.487 e. The first-order valence-electron chi connectivity index (χ1n) is 47.0. The number of sulfonamides is 1. The number of alkyl carbamates (subject to hydrolysis) is 4. The minimum absolute atomic E-state index is 0.00393. The molecule has 3 rings (SSSR count). The lowest BCUT2D eigenvalue weighted by molar-refractivity contribution is -0.156. The Morgan fingerprint density at radius 3 is 1.18 bits per heavy atom. The summed E-state index contributed by atoms with van der Waals surface area (Å²) in [5.41, 5.74) is 14.0. The molecule has 0 radical (unpaired) electrons. The Bertz CT molecular complexity index is 4470. The third kappa shape index (κ3) is 47.0. The van der Waals surface area contributed by atoms with Gasteiger partial charge in [-0.15, -0.1) is 0 Å². The zero-order valence-corrected chi connectivity index (χ0v) is 86.5. The van der Waals surface area contributed by atoms with Crippen molar-refractivity contribution >= 4 is 124 Å². The van der Waals surface area contributed by atoms with Crippen molar-refractivity contribution in [3.8, 4) is 5.75 Å². The molecule has 1 saturated heterocycles. The summed E-state index contributed by atoms with van der Waals surface area (Å²) in [6, 6.07) is -15.2. The maximum absolute atomic E-state index is 15.7. The van der Waals surface area contributed by atoms with Gasteiger partial charge in [0, 0.05) is 51.4 Å². The molecule has 0 saturated carbocycles. The number of carbonyl (C=O) groups is 16. The zero-order chi connectivity index (χ0) is 104. The first kappa shape index (κ1) is 120. The first-order valence-corrected chi connectivity index (χ1v) is 49.1. The van der Waals surface area contributed by atoms with Crippen molar-refractivity contribution in [2.75, 3.05) is 45.0 Å². The Balaban J connectivity index is 2.42. The molecule has 0 spiro atoms. The van der Waals surface area contributed by atoms with E-state index in [-0.39, 0.29) is 140 Å². The molecule has 2 aliphatic rings. The number of hydrogen-bond acceptors (Lipinski definition) is 28. The summed E-state index contributed by atoms with van der Waals surface area (Å²) in [4.78, 5) is 230. The molecule has 2 aliphatic heterocycles. The third-order valence-electron chi connectivity index (χ3n) is 20.9. The Hall–Kier alpha value is -10.7. The van der Waals surface area contributed by atoms with Crippen LogP contribution in [0.4, 0.5) is 19.2 Å². The van der Waals surface area contributed by atoms with E-state index in [2.05, 4.69) is 86.1 Å². The van der Waals surface area contributed by atoms with Crippen LogP contribution < -0.4 is 90.5 Å². The molecule has 0 bridgehead atoms. The topological polar surface area (TPSA) is 622 Å². The van der Waals surface area contributed by atoms with Crippen LogP contribution in [0.2, 0.25) is 0 Å². The number of primary amides is 1. The molecule has 14 amide bonds. The van der Waals surface area contributed by atoms with Crippen molar-refractivity contribution in [1.82, 2.24) is 73.4 Å². The second kappa shape index (κ2) is 54.6. The molecule has 1 aromatic carbocycles. The largest absolute Gasteiger partial charge is 0.487 e. The molecule has 778 valence electrons. The number of guanidine groups is 1. The van der Waals surface area contributed by atoms with E-state index in [4.69, 9.17) is 50.4 Å². The number of likely N-dealkylation sites (tertiary alicyclic amines) is 1. The van der Waals surface area contributed by atoms with E-state index < -0.39 is 237 Å². The predicted molar refractivity (Wildman–Crippen MR) is 514 cm³/mol. The number of nitrogens with one attached hydrogen (secondary N) is 13. The maximum Gasteiger partial charge on any atom is 0.407 e. The van der Waals surface area contributed by atoms with E-state index >= 15 is 24.0 Å². The van der Waals surface area contributed by atoms with Gasteiger partial charge in [-0.25, -0.2) is 32.3 Å². The van der Waals surface area contributed by atoms with Gasteiger partial charge >= 0.3 is 36.3 Å². The molecule has 1 fully saturated rings. The summed E-state index contributed by atoms with van der Waals surface area (Å²) in [5.74, 6) is -11.5. The zero-order valence-electron chi connectivity index (χ0n) is 84.8. The minimum atomic E-state index is -4.49. The Kier molecular flexibility index (Phi) is 48.0. The molecule has 1 aromatic rings. The van der Waals surface area contributed by atoms with Gasteiger partial charge in [0.2, 0.25) is 65.0 Å². The normalized spacial score (nSPS) is 16.0. The molecule has 45 heteroatoms. The number of nitrogens with zero attached hydrogens (tertiary/aromatic N) is 2. The fourth-order valence-corrected chi connectivity index (χ4v) is 16.0. The van der Waals surface area contributed by atoms with Crippen molar-refractivity contribution < 1.29 is 118 Å². The van der Waals surface area contributed by atoms with Crippen LogP contribution in [0.25, 0.3) is 0 Å². The number of benzene rings is 1. The van der Waals surface area contributed by atoms with Gasteiger partial charge in [0.25, 0.3) is 10.0 Å². The highest BCUT2D eigenvalue weighted by atomic mass is 32.2. The monoisotopic (exact) mass is 1980 g/mol. The van der Waals surface area contributed by atoms with Gasteiger partial charge < -0.3 is 119 Å². The van der Waals surface area contributed by atoms with Crippen molar-refractivity contribution in [3.63, 3.8) is 0 Å². The second-order valence-corrected chi connectivity index (χ2v) is 43.0. The van der Waals surface area contributed by atoms with Gasteiger partial charge in [-0.05, 0) is 310 Å². The Morgan fingerprint density at radius 2 is 0.818 bits per heavy atom. The van der Waals surface area contributed by atoms with E-state index in [0.29, 0.717) is 47.3 Å². The quantitative estimate of drug-likeness (QED) is 0.00975. The number of hydrogen-bond donors (Lipinski definition) is 17. The number of carbonyl (C=O) groups excluding carboxylic acids is 16. The molecule has 0 aromatic heterocycles. The molecule has 1 unspecified atom stereocenters. The highest BCUT2D eigenvalue weighted by Crippen LogP contribution is 2.42. The number of thiol groups is 1. The van der Waals surface area contributed by atoms with Crippen LogP contribution in [0.3, 0.4) is 0 Å². The summed E-state index contributed by atoms with van der Waals surface area (Å²) in [6.07, 6.45) is -4.22. The highest BCUT2D eigenvalue weighted by Gasteiger charge is 2.42. The van der Waals surface area contributed by atoms with Crippen LogP contribution in [0.1, 0.15) is 296 Å². The molecule has 2 heterocycles. The van der Waals surface area contributed by atoms with Crippen LogP contribution in [-0.4, -0.2) is 259 Å². The van der Waals surface area contributed by atoms with Gasteiger partial charge in [-0.1, -0.05) is 0 Å². The summed E-state index contributed by atoms with van der Waals surface area (Å²) < 4.78 is 70.4. The predicted octanol–water partition coefficient (Wildman–Crippen LogP) is 5.35. The maximum atomic E-state index is 15.7. The second-order valence-electron chi connectivity index (χ2n) is 41.0. The highest BCUT2D eigenvalue weighted by molar-refractivity contribution is 7.90. The molecule has 137 heavy (non-hydrogen) atoms. The van der Waals surface area contributed by atoms with Crippen LogP contribution >= 0.6 is 12.6 Å². The van der Waals surface area contributed by atoms with Gasteiger partial charge in [0.1, 0.15) is 99.3 Å². The van der Waals surface area contributed by atoms with Crippen LogP contribution in [0.15, 0.2) is 9.89 Å². The number of aliphatic imine (C=N–C) groups is 1. The fourth-order valence-electron chi connectivity index (χ4n) is 14.3. The number of nitrogens with two attached hydrogens (primary N) is 3. The summed E-state index contributed by atoms with van der Waals surface area (Å²) in [7, 11) is -4.49. The van der Waals surface area contributed by atoms with E-state index in [1.54, 1.807) is 145 Å². The number of esters is 2. The van der Waals surface area contributed by atoms with Crippen molar-refractivity contribution in [1.29, 1.82) is 0 Å². The van der Waals surface area contributed by atoms with E-state index in [1.807, 2.05) is 13.8 Å². The molecular formula is C92H158N18O25S2. The van der Waals surface area contributed by atoms with Crippen molar-refractivity contribution in [2.45, 2.75) is 406 Å². The SMILES string of the molecule is Cc1c(C)c(S(=O)(=O)NC(N)=NCCC[C@H](NC(=O)[C@H](CCCCNC(=O)OC(C)(C)C)NC(=O)[C@H](CCCCNC(=O)OC(C)(C)C)NC(=O)[C@H](CCCCNC(=O)OC(C)(C)C)NC(=O)[C@@H]2CCCN2C(=O)[C@H](C)NC(=O)C(N)CS)C(=O)N[C@@H](CCCCNC(=O)OC(C)(C)C)C(=O)N[C@@H](CCC(=O)OC(C)(C)C)C(=O)N[C@@H](CC(=O)OC(C)(C)C)C(N)=O)c(C)c2c1OC(C)(C)CC2. The fraction of sp³-hybridized carbons (Fsp3) is 0.750. The number of fused-ring (bicyclic) bond motifs is 1. The Morgan fingerprint density at radius 1 is 0.467 bits per heavy atom. The van der Waals surface area contributed by atoms with Crippen molar-refractivity contribution in [3.05, 3.63) is 22.3 Å². The standard InChI is InChI=1S/C92H158N18O25S2/c1-53-54(2)70(55(3)57-43-44-92(23,24)131-69(53)57)137(127,128)109-81(95)96-49-33-39-63(77(119)104-61(37-27-31-47-99-84(125)134-90(17,18)19)75(117)106-64(41-42-67(111)129-86(5,6)7)78(120)108-65(71(94)113)51-68(112)130-87(8,9)10)105-74(116)60(36-26-30-46-98-83(124)133-89(14,15)16)102-73(115)59(35-25-29-45-97-82(123)132-88(11,12)13)103-76(118)62(38-28-32-48-100-85(126)135-91(20,21)22)107-79(121)66-40-34-50-110(66)80(122)56(4)101-72(114)58(93)52-136/h56,58-66,136H,25-52,93H2,1-24H3,(H2,94,113)(H,97,123)(H,98,124)(H,99,125)(H,100,126)(H,101,114)(H,102,115)(H,103,118)(H,104,119)(H,105,116)(H,106,117)(H,107,121)(H,108,120)(H3,95,96,109)/t56-,58?,59-,60-,61-,62-,63-,64-,65-,66-/m0/s1. The molecule has 10 atom stereocenters. The smallest absolute Gasteiger partial charge is 0.407 e. The number of ether oxygens (including phenoxy) is 7. The summed E-state index contributed by atoms with van der Waals surface area (Å²) >= 11 is 4.09. The van der Waals surface area contributed by atoms with Gasteiger partial charge in [-0.2, -0.15) is 12.6 Å². The molecule has 19 N–H and O–H groups in total. The Labute approximate surface area is 812 Å². The molecule has 0 aliphatic carbocycles. The summed E-state index contributed by atoms with van der Waals surface area (Å²) in [6.45, 7) is 39.4. The average molecular weight is 1980 g/mol. The average Bonchev–Trinajstić information content (AvgIpc) is 1.32. The van der Waals surface area contributed by atoms with Gasteiger partial charge in [-0.3, -0.25) is 62.5 Å². The van der Waals surface area contributed by atoms with E-state index in [1.165, 1.54) is 11.8 Å². The lowest BCUT2D eigenvalue weighted by atomic mass is 9.88. The number of unbranched alkanes of at least 4 members (excludes halogenated alkanes) is 4.